The molecule has 8 heteroatoms. The lowest BCUT2D eigenvalue weighted by molar-refractivity contribution is -0.117. The standard InChI is InChI=1S/C17H27N3OS2.2ClH/c1-13-14(12-20-7-10-23-11-8-20)4-3-5-16(13)19-17(21)15(18)6-9-22-2;;/h3-5,15H,6-12,18H2,1-2H3,(H,19,21);2*1H/t15-;;/m0../s1. The van der Waals surface area contributed by atoms with Crippen LogP contribution in [0.25, 0.3) is 0 Å². The minimum atomic E-state index is -0.440. The van der Waals surface area contributed by atoms with Crippen LogP contribution in [0.5, 0.6) is 0 Å². The van der Waals surface area contributed by atoms with Crippen LogP contribution >= 0.6 is 48.3 Å². The molecule has 1 aliphatic rings. The van der Waals surface area contributed by atoms with E-state index in [0.717, 1.165) is 36.6 Å². The van der Waals surface area contributed by atoms with E-state index in [9.17, 15) is 4.79 Å². The van der Waals surface area contributed by atoms with Gasteiger partial charge in [0.2, 0.25) is 5.91 Å². The molecule has 0 bridgehead atoms. The van der Waals surface area contributed by atoms with Gasteiger partial charge in [0.15, 0.2) is 0 Å². The second-order valence-electron chi connectivity index (χ2n) is 5.86. The summed E-state index contributed by atoms with van der Waals surface area (Å²) < 4.78 is 0. The molecule has 1 amide bonds. The van der Waals surface area contributed by atoms with Gasteiger partial charge in [-0.1, -0.05) is 12.1 Å². The highest BCUT2D eigenvalue weighted by Crippen LogP contribution is 2.22. The van der Waals surface area contributed by atoms with Gasteiger partial charge >= 0.3 is 0 Å². The lowest BCUT2D eigenvalue weighted by Gasteiger charge is -2.27. The number of nitrogens with one attached hydrogen (secondary N) is 1. The summed E-state index contributed by atoms with van der Waals surface area (Å²) in [6.45, 7) is 5.31. The monoisotopic (exact) mass is 425 g/mol. The van der Waals surface area contributed by atoms with Crippen molar-refractivity contribution in [2.24, 2.45) is 5.73 Å². The van der Waals surface area contributed by atoms with Gasteiger partial charge in [-0.2, -0.15) is 23.5 Å². The zero-order valence-electron chi connectivity index (χ0n) is 14.8. The summed E-state index contributed by atoms with van der Waals surface area (Å²) >= 11 is 3.73. The molecule has 1 aromatic carbocycles. The molecule has 1 aromatic rings. The number of amides is 1. The topological polar surface area (TPSA) is 58.4 Å². The molecule has 1 heterocycles. The van der Waals surface area contributed by atoms with Crippen molar-refractivity contribution in [1.29, 1.82) is 0 Å². The second kappa shape index (κ2) is 13.1. The third kappa shape index (κ3) is 7.97. The number of hydrogen-bond donors (Lipinski definition) is 2. The number of thioether (sulfide) groups is 2. The Balaban J connectivity index is 0.00000288. The Bertz CT molecular complexity index is 529. The highest BCUT2D eigenvalue weighted by atomic mass is 35.5. The van der Waals surface area contributed by atoms with E-state index in [4.69, 9.17) is 5.73 Å². The van der Waals surface area contributed by atoms with Gasteiger partial charge in [0, 0.05) is 36.8 Å². The average Bonchev–Trinajstić information content (AvgIpc) is 2.57. The van der Waals surface area contributed by atoms with Crippen molar-refractivity contribution in [3.63, 3.8) is 0 Å². The van der Waals surface area contributed by atoms with Crippen LogP contribution in [0.2, 0.25) is 0 Å². The smallest absolute Gasteiger partial charge is 0.241 e. The van der Waals surface area contributed by atoms with E-state index in [2.05, 4.69) is 23.2 Å². The van der Waals surface area contributed by atoms with Crippen molar-refractivity contribution < 1.29 is 4.79 Å². The molecular formula is C17H29Cl2N3OS2. The number of anilines is 1. The average molecular weight is 426 g/mol. The quantitative estimate of drug-likeness (QED) is 0.700. The van der Waals surface area contributed by atoms with Crippen LogP contribution in [0.1, 0.15) is 17.5 Å². The summed E-state index contributed by atoms with van der Waals surface area (Å²) in [6.07, 6.45) is 2.73. The molecule has 0 saturated carbocycles. The van der Waals surface area contributed by atoms with Crippen molar-refractivity contribution in [1.82, 2.24) is 4.90 Å². The Labute approximate surface area is 172 Å². The van der Waals surface area contributed by atoms with Crippen LogP contribution in [0.3, 0.4) is 0 Å². The highest BCUT2D eigenvalue weighted by molar-refractivity contribution is 7.99. The summed E-state index contributed by atoms with van der Waals surface area (Å²) in [7, 11) is 0. The zero-order chi connectivity index (χ0) is 16.7. The Morgan fingerprint density at radius 1 is 1.36 bits per heavy atom. The molecule has 0 radical (unpaired) electrons. The molecule has 1 aliphatic heterocycles. The SMILES string of the molecule is CSCC[C@H](N)C(=O)Nc1cccc(CN2CCSCC2)c1C.Cl.Cl. The number of nitrogens with two attached hydrogens (primary N) is 1. The second-order valence-corrected chi connectivity index (χ2v) is 8.07. The summed E-state index contributed by atoms with van der Waals surface area (Å²) in [5.74, 6) is 3.23. The number of carbonyl (C=O) groups excluding carboxylic acids is 1. The maximum atomic E-state index is 12.2. The van der Waals surface area contributed by atoms with Gasteiger partial charge in [0.1, 0.15) is 0 Å². The molecular weight excluding hydrogens is 397 g/mol. The van der Waals surface area contributed by atoms with Gasteiger partial charge in [-0.15, -0.1) is 24.8 Å². The molecule has 0 aliphatic carbocycles. The summed E-state index contributed by atoms with van der Waals surface area (Å²) in [5.41, 5.74) is 9.27. The molecule has 2 rings (SSSR count). The van der Waals surface area contributed by atoms with Crippen LogP contribution < -0.4 is 11.1 Å². The van der Waals surface area contributed by atoms with Crippen LogP contribution in [0, 0.1) is 6.92 Å². The minimum Gasteiger partial charge on any atom is -0.324 e. The number of hydrogen-bond acceptors (Lipinski definition) is 5. The zero-order valence-corrected chi connectivity index (χ0v) is 18.1. The van der Waals surface area contributed by atoms with Crippen LogP contribution in [-0.2, 0) is 11.3 Å². The van der Waals surface area contributed by atoms with Gasteiger partial charge < -0.3 is 11.1 Å². The van der Waals surface area contributed by atoms with Crippen molar-refractivity contribution in [3.05, 3.63) is 29.3 Å². The maximum absolute atomic E-state index is 12.2. The first-order chi connectivity index (χ1) is 11.1. The first kappa shape index (κ1) is 24.9. The molecule has 3 N–H and O–H groups in total. The molecule has 25 heavy (non-hydrogen) atoms. The van der Waals surface area contributed by atoms with E-state index in [0.29, 0.717) is 6.42 Å². The van der Waals surface area contributed by atoms with Crippen LogP contribution in [0.4, 0.5) is 5.69 Å². The van der Waals surface area contributed by atoms with E-state index < -0.39 is 6.04 Å². The number of benzene rings is 1. The van der Waals surface area contributed by atoms with Crippen LogP contribution in [0.15, 0.2) is 18.2 Å². The predicted molar refractivity (Wildman–Crippen MR) is 118 cm³/mol. The predicted octanol–water partition coefficient (Wildman–Crippen LogP) is 3.41. The molecule has 0 unspecified atom stereocenters. The van der Waals surface area contributed by atoms with Crippen molar-refractivity contribution in [2.45, 2.75) is 25.9 Å². The van der Waals surface area contributed by atoms with E-state index in [1.54, 1.807) is 11.8 Å². The van der Waals surface area contributed by atoms with E-state index >= 15 is 0 Å². The summed E-state index contributed by atoms with van der Waals surface area (Å²) in [5, 5.41) is 3.00. The molecule has 1 atom stereocenters. The summed E-state index contributed by atoms with van der Waals surface area (Å²) in [6, 6.07) is 5.69. The van der Waals surface area contributed by atoms with Gasteiger partial charge in [-0.3, -0.25) is 9.69 Å². The third-order valence-electron chi connectivity index (χ3n) is 4.17. The first-order valence-corrected chi connectivity index (χ1v) is 10.6. The van der Waals surface area contributed by atoms with Crippen molar-refractivity contribution in [2.75, 3.05) is 41.9 Å². The minimum absolute atomic E-state index is 0. The normalized spacial score (nSPS) is 15.6. The van der Waals surface area contributed by atoms with Crippen molar-refractivity contribution in [3.8, 4) is 0 Å². The molecule has 1 fully saturated rings. The fraction of sp³-hybridized carbons (Fsp3) is 0.588. The van der Waals surface area contributed by atoms with E-state index in [1.807, 2.05) is 30.2 Å². The fourth-order valence-corrected chi connectivity index (χ4v) is 4.06. The fourth-order valence-electron chi connectivity index (χ4n) is 2.59. The van der Waals surface area contributed by atoms with Gasteiger partial charge in [0.05, 0.1) is 6.04 Å². The Kier molecular flexibility index (Phi) is 13.1. The lowest BCUT2D eigenvalue weighted by Crippen LogP contribution is -2.36. The molecule has 1 saturated heterocycles. The Morgan fingerprint density at radius 2 is 2.04 bits per heavy atom. The van der Waals surface area contributed by atoms with Crippen LogP contribution in [-0.4, -0.2) is 53.5 Å². The largest absolute Gasteiger partial charge is 0.324 e. The molecule has 4 nitrogen and oxygen atoms in total. The number of carbonyl (C=O) groups is 1. The Hall–Kier alpha value is -0.110. The molecule has 0 spiro atoms. The lowest BCUT2D eigenvalue weighted by atomic mass is 10.1. The van der Waals surface area contributed by atoms with Crippen molar-refractivity contribution >= 4 is 59.9 Å². The molecule has 0 aromatic heterocycles. The van der Waals surface area contributed by atoms with Gasteiger partial charge in [-0.05, 0) is 42.5 Å². The Morgan fingerprint density at radius 3 is 2.68 bits per heavy atom. The number of nitrogens with zero attached hydrogens (tertiary/aromatic N) is 1. The number of halogens is 2. The van der Waals surface area contributed by atoms with Gasteiger partial charge in [-0.25, -0.2) is 0 Å². The number of rotatable bonds is 7. The third-order valence-corrected chi connectivity index (χ3v) is 5.76. The van der Waals surface area contributed by atoms with Gasteiger partial charge in [0.25, 0.3) is 0 Å². The maximum Gasteiger partial charge on any atom is 0.241 e. The van der Waals surface area contributed by atoms with E-state index in [1.165, 1.54) is 17.1 Å². The first-order valence-electron chi connectivity index (χ1n) is 8.05. The summed E-state index contributed by atoms with van der Waals surface area (Å²) in [4.78, 5) is 14.7. The van der Waals surface area contributed by atoms with E-state index in [-0.39, 0.29) is 30.7 Å². The highest BCUT2D eigenvalue weighted by Gasteiger charge is 2.16. The molecule has 144 valence electrons.